The van der Waals surface area contributed by atoms with E-state index in [1.165, 1.54) is 12.1 Å². The van der Waals surface area contributed by atoms with Crippen LogP contribution in [-0.4, -0.2) is 46.9 Å². The fourth-order valence-corrected chi connectivity index (χ4v) is 2.88. The van der Waals surface area contributed by atoms with Crippen LogP contribution < -0.4 is 4.74 Å². The number of aliphatic hydroxyl groups excluding tert-OH is 1. The van der Waals surface area contributed by atoms with E-state index in [2.05, 4.69) is 12.0 Å². The van der Waals surface area contributed by atoms with Crippen LogP contribution in [0.25, 0.3) is 0 Å². The molecule has 0 bridgehead atoms. The average molecular weight is 363 g/mol. The van der Waals surface area contributed by atoms with Crippen molar-refractivity contribution in [3.8, 4) is 17.7 Å². The van der Waals surface area contributed by atoms with Crippen molar-refractivity contribution in [3.05, 3.63) is 30.1 Å². The van der Waals surface area contributed by atoms with Gasteiger partial charge >= 0.3 is 5.97 Å². The molecule has 1 heterocycles. The van der Waals surface area contributed by atoms with Gasteiger partial charge in [-0.25, -0.2) is 9.18 Å². The molecule has 0 aliphatic carbocycles. The van der Waals surface area contributed by atoms with Gasteiger partial charge in [0.2, 0.25) is 0 Å². The maximum absolute atomic E-state index is 13.0. The molecule has 1 fully saturated rings. The van der Waals surface area contributed by atoms with Crippen LogP contribution in [0.15, 0.2) is 24.3 Å². The van der Waals surface area contributed by atoms with Crippen molar-refractivity contribution in [2.24, 2.45) is 0 Å². The standard InChI is InChI=1S/C20H26FNO4/c1-20(2,3)26-19(24)10-12-22-16(11-13-23)6-7-17(22)14-25-18-8-4-15(21)5-9-18/h4-5,8-9,16-17,23H,6-7,11,13-14H2,1-3H3/t16-,17-/m0/s1. The summed E-state index contributed by atoms with van der Waals surface area (Å²) in [6.07, 6.45) is 2.28. The molecule has 5 nitrogen and oxygen atoms in total. The van der Waals surface area contributed by atoms with Crippen LogP contribution in [0.5, 0.6) is 5.75 Å². The molecular formula is C20H26FNO4. The Balaban J connectivity index is 2.02. The number of carbonyl (C=O) groups excluding carboxylic acids is 1. The third kappa shape index (κ3) is 6.23. The summed E-state index contributed by atoms with van der Waals surface area (Å²) >= 11 is 0. The smallest absolute Gasteiger partial charge is 0.386 e. The molecule has 0 spiro atoms. The van der Waals surface area contributed by atoms with Crippen LogP contribution in [0.1, 0.15) is 40.0 Å². The summed E-state index contributed by atoms with van der Waals surface area (Å²) < 4.78 is 23.9. The third-order valence-electron chi connectivity index (χ3n) is 4.02. The lowest BCUT2D eigenvalue weighted by atomic mass is 10.1. The fourth-order valence-electron chi connectivity index (χ4n) is 2.88. The highest BCUT2D eigenvalue weighted by atomic mass is 19.1. The molecule has 1 N–H and O–H groups in total. The molecule has 142 valence electrons. The molecule has 1 saturated heterocycles. The molecule has 2 atom stereocenters. The Bertz CT molecular complexity index is 657. The normalized spacial score (nSPS) is 19.7. The van der Waals surface area contributed by atoms with Crippen molar-refractivity contribution in [2.75, 3.05) is 13.2 Å². The molecule has 1 aliphatic heterocycles. The van der Waals surface area contributed by atoms with Crippen LogP contribution >= 0.6 is 0 Å². The van der Waals surface area contributed by atoms with Gasteiger partial charge in [0.25, 0.3) is 0 Å². The number of ether oxygens (including phenoxy) is 2. The van der Waals surface area contributed by atoms with Crippen molar-refractivity contribution >= 4 is 5.97 Å². The Kier molecular flexibility index (Phi) is 6.87. The minimum atomic E-state index is -0.591. The van der Waals surface area contributed by atoms with Gasteiger partial charge in [0.1, 0.15) is 23.8 Å². The number of esters is 1. The molecule has 26 heavy (non-hydrogen) atoms. The number of rotatable bonds is 5. The molecule has 1 aromatic carbocycles. The molecule has 0 radical (unpaired) electrons. The largest absolute Gasteiger partial charge is 0.491 e. The van der Waals surface area contributed by atoms with Gasteiger partial charge in [0.15, 0.2) is 0 Å². The van der Waals surface area contributed by atoms with Crippen molar-refractivity contribution in [3.63, 3.8) is 0 Å². The van der Waals surface area contributed by atoms with Crippen LogP contribution in [0.4, 0.5) is 4.39 Å². The molecule has 6 heteroatoms. The Labute approximate surface area is 154 Å². The number of hydrogen-bond donors (Lipinski definition) is 1. The SMILES string of the molecule is CC(C)(C)OC(=O)C#CN1[C@H](CCO)CC[C@H]1COc1ccc(F)cc1. The zero-order valence-corrected chi connectivity index (χ0v) is 15.5. The van der Waals surface area contributed by atoms with E-state index in [1.807, 2.05) is 4.90 Å². The van der Waals surface area contributed by atoms with E-state index in [-0.39, 0.29) is 24.5 Å². The molecule has 0 saturated carbocycles. The van der Waals surface area contributed by atoms with E-state index in [0.717, 1.165) is 12.8 Å². The van der Waals surface area contributed by atoms with Crippen molar-refractivity contribution in [1.29, 1.82) is 0 Å². The number of hydrogen-bond acceptors (Lipinski definition) is 5. The Hall–Kier alpha value is -2.26. The van der Waals surface area contributed by atoms with E-state index >= 15 is 0 Å². The number of likely N-dealkylation sites (tertiary alicyclic amines) is 1. The molecule has 0 amide bonds. The predicted molar refractivity (Wildman–Crippen MR) is 95.9 cm³/mol. The number of benzene rings is 1. The summed E-state index contributed by atoms with van der Waals surface area (Å²) in [6, 6.07) is 8.79. The van der Waals surface area contributed by atoms with Crippen LogP contribution in [0, 0.1) is 17.8 Å². The monoisotopic (exact) mass is 363 g/mol. The highest BCUT2D eigenvalue weighted by Gasteiger charge is 2.32. The zero-order valence-electron chi connectivity index (χ0n) is 15.5. The molecule has 1 aliphatic rings. The van der Waals surface area contributed by atoms with Gasteiger partial charge in [-0.05, 0) is 64.3 Å². The first-order valence-corrected chi connectivity index (χ1v) is 8.80. The second-order valence-corrected chi connectivity index (χ2v) is 7.31. The van der Waals surface area contributed by atoms with Crippen LogP contribution in [-0.2, 0) is 9.53 Å². The van der Waals surface area contributed by atoms with Crippen LogP contribution in [0.2, 0.25) is 0 Å². The Morgan fingerprint density at radius 1 is 1.27 bits per heavy atom. The first kappa shape index (κ1) is 20.1. The summed E-state index contributed by atoms with van der Waals surface area (Å²) in [5.74, 6) is 2.22. The van der Waals surface area contributed by atoms with E-state index in [1.54, 1.807) is 32.9 Å². The lowest BCUT2D eigenvalue weighted by Crippen LogP contribution is -2.36. The van der Waals surface area contributed by atoms with Gasteiger partial charge in [-0.3, -0.25) is 0 Å². The second kappa shape index (κ2) is 8.91. The molecule has 2 rings (SSSR count). The number of nitrogens with zero attached hydrogens (tertiary/aromatic N) is 1. The molecule has 1 aromatic rings. The number of halogens is 1. The lowest BCUT2D eigenvalue weighted by molar-refractivity contribution is -0.147. The summed E-state index contributed by atoms with van der Waals surface area (Å²) in [5, 5.41) is 9.26. The summed E-state index contributed by atoms with van der Waals surface area (Å²) in [5.41, 5.74) is -0.591. The van der Waals surface area contributed by atoms with Crippen molar-refractivity contribution < 1.29 is 23.8 Å². The van der Waals surface area contributed by atoms with Gasteiger partial charge in [-0.15, -0.1) is 0 Å². The highest BCUT2D eigenvalue weighted by Crippen LogP contribution is 2.26. The first-order chi connectivity index (χ1) is 12.3. The average Bonchev–Trinajstić information content (AvgIpc) is 2.93. The van der Waals surface area contributed by atoms with Gasteiger partial charge < -0.3 is 19.5 Å². The number of carbonyl (C=O) groups is 1. The third-order valence-corrected chi connectivity index (χ3v) is 4.02. The maximum Gasteiger partial charge on any atom is 0.386 e. The van der Waals surface area contributed by atoms with Crippen LogP contribution in [0.3, 0.4) is 0 Å². The topological polar surface area (TPSA) is 59.0 Å². The van der Waals surface area contributed by atoms with E-state index in [9.17, 15) is 14.3 Å². The van der Waals surface area contributed by atoms with Gasteiger partial charge in [0.05, 0.1) is 6.04 Å². The van der Waals surface area contributed by atoms with Gasteiger partial charge in [-0.1, -0.05) is 0 Å². The summed E-state index contributed by atoms with van der Waals surface area (Å²) in [6.45, 7) is 5.79. The van der Waals surface area contributed by atoms with Gasteiger partial charge in [-0.2, -0.15) is 0 Å². The quantitative estimate of drug-likeness (QED) is 0.644. The second-order valence-electron chi connectivity index (χ2n) is 7.31. The zero-order chi connectivity index (χ0) is 19.2. The minimum absolute atomic E-state index is 0.00783. The minimum Gasteiger partial charge on any atom is -0.491 e. The Morgan fingerprint density at radius 2 is 1.92 bits per heavy atom. The molecule has 0 aromatic heterocycles. The van der Waals surface area contributed by atoms with Crippen molar-refractivity contribution in [1.82, 2.24) is 4.90 Å². The van der Waals surface area contributed by atoms with E-state index in [0.29, 0.717) is 18.8 Å². The number of aliphatic hydroxyl groups is 1. The highest BCUT2D eigenvalue weighted by molar-refractivity contribution is 5.88. The van der Waals surface area contributed by atoms with E-state index in [4.69, 9.17) is 9.47 Å². The lowest BCUT2D eigenvalue weighted by Gasteiger charge is -2.26. The summed E-state index contributed by atoms with van der Waals surface area (Å²) in [4.78, 5) is 13.7. The molecular weight excluding hydrogens is 337 g/mol. The van der Waals surface area contributed by atoms with E-state index < -0.39 is 11.6 Å². The predicted octanol–water partition coefficient (Wildman–Crippen LogP) is 2.72. The van der Waals surface area contributed by atoms with Gasteiger partial charge in [0, 0.05) is 24.6 Å². The summed E-state index contributed by atoms with van der Waals surface area (Å²) in [7, 11) is 0. The fraction of sp³-hybridized carbons (Fsp3) is 0.550. The maximum atomic E-state index is 13.0. The first-order valence-electron chi connectivity index (χ1n) is 8.80. The van der Waals surface area contributed by atoms with Crippen molar-refractivity contribution in [2.45, 2.75) is 57.7 Å². The molecule has 0 unspecified atom stereocenters. The Morgan fingerprint density at radius 3 is 2.54 bits per heavy atom.